The summed E-state index contributed by atoms with van der Waals surface area (Å²) in [6.07, 6.45) is -0.381. The molecule has 0 spiro atoms. The fourth-order valence-electron chi connectivity index (χ4n) is 5.26. The number of nitrogens with one attached hydrogen (secondary N) is 1. The van der Waals surface area contributed by atoms with Crippen molar-refractivity contribution in [3.63, 3.8) is 0 Å². The van der Waals surface area contributed by atoms with Gasteiger partial charge in [0, 0.05) is 31.6 Å². The second-order valence-corrected chi connectivity index (χ2v) is 12.0. The van der Waals surface area contributed by atoms with Crippen LogP contribution in [0.15, 0.2) is 71.7 Å². The lowest BCUT2D eigenvalue weighted by molar-refractivity contribution is -0.155. The number of aliphatic hydroxyl groups excluding tert-OH is 1. The Hall–Kier alpha value is -4.77. The van der Waals surface area contributed by atoms with Crippen LogP contribution >= 0.6 is 0 Å². The van der Waals surface area contributed by atoms with Crippen LogP contribution in [0.2, 0.25) is 0 Å². The molecule has 1 aliphatic heterocycles. The largest absolute Gasteiger partial charge is 0.494 e. The molecule has 0 fully saturated rings. The molecule has 2 N–H and O–H groups in total. The van der Waals surface area contributed by atoms with Crippen LogP contribution in [0.4, 0.5) is 0 Å². The molecule has 0 radical (unpaired) electrons. The molecule has 252 valence electrons. The molecule has 11 nitrogen and oxygen atoms in total. The highest BCUT2D eigenvalue weighted by atomic mass is 16.6. The van der Waals surface area contributed by atoms with Crippen molar-refractivity contribution >= 4 is 17.8 Å². The van der Waals surface area contributed by atoms with Crippen LogP contribution in [0.3, 0.4) is 0 Å². The van der Waals surface area contributed by atoms with Gasteiger partial charge in [0.2, 0.25) is 11.6 Å². The average Bonchev–Trinajstić information content (AvgIpc) is 3.46. The quantitative estimate of drug-likeness (QED) is 0.169. The summed E-state index contributed by atoms with van der Waals surface area (Å²) in [7, 11) is 4.57. The standard InChI is InChI=1S/C36H44N2O9/c1-35(2,3)47-30(40)17-18-36(34(41)37-23-24-21-28(42-4)31(44-6)29(22-24)43-5)32(25-11-8-7-9-12-25)46-33(38-36)26-13-15-27(16-14-26)45-20-10-19-39/h7-9,11-16,21-22,32,39H,10,17-20,23H2,1-6H3,(H,37,41)/t32-,36-/m1/s1. The van der Waals surface area contributed by atoms with E-state index in [-0.39, 0.29) is 31.9 Å². The highest BCUT2D eigenvalue weighted by molar-refractivity contribution is 6.01. The normalized spacial score (nSPS) is 17.3. The summed E-state index contributed by atoms with van der Waals surface area (Å²) in [5.74, 6) is 1.34. The lowest BCUT2D eigenvalue weighted by atomic mass is 9.83. The smallest absolute Gasteiger partial charge is 0.306 e. The second-order valence-electron chi connectivity index (χ2n) is 12.0. The van der Waals surface area contributed by atoms with E-state index in [1.165, 1.54) is 21.3 Å². The maximum atomic E-state index is 14.5. The molecule has 0 unspecified atom stereocenters. The number of ether oxygens (including phenoxy) is 6. The minimum atomic E-state index is -1.52. The molecule has 2 atom stereocenters. The Morgan fingerprint density at radius 1 is 0.957 bits per heavy atom. The Balaban J connectivity index is 1.72. The van der Waals surface area contributed by atoms with Crippen molar-refractivity contribution in [2.45, 2.75) is 63.8 Å². The molecule has 0 saturated heterocycles. The number of methoxy groups -OCH3 is 3. The molecule has 1 amide bonds. The van der Waals surface area contributed by atoms with E-state index in [4.69, 9.17) is 38.5 Å². The summed E-state index contributed by atoms with van der Waals surface area (Å²) in [6.45, 7) is 5.91. The number of hydrogen-bond donors (Lipinski definition) is 2. The van der Waals surface area contributed by atoms with Gasteiger partial charge in [0.15, 0.2) is 23.1 Å². The van der Waals surface area contributed by atoms with Gasteiger partial charge in [0.25, 0.3) is 5.91 Å². The third-order valence-corrected chi connectivity index (χ3v) is 7.44. The number of aliphatic hydroxyl groups is 1. The van der Waals surface area contributed by atoms with Gasteiger partial charge in [-0.25, -0.2) is 4.99 Å². The third-order valence-electron chi connectivity index (χ3n) is 7.44. The number of aliphatic imine (C=N–C) groups is 1. The van der Waals surface area contributed by atoms with Crippen LogP contribution in [-0.2, 0) is 25.6 Å². The minimum Gasteiger partial charge on any atom is -0.494 e. The van der Waals surface area contributed by atoms with Crippen molar-refractivity contribution in [2.75, 3.05) is 34.5 Å². The van der Waals surface area contributed by atoms with E-state index in [1.54, 1.807) is 57.2 Å². The number of hydrogen-bond acceptors (Lipinski definition) is 10. The van der Waals surface area contributed by atoms with Gasteiger partial charge in [-0.2, -0.15) is 0 Å². The number of carbonyl (C=O) groups is 2. The Labute approximate surface area is 275 Å². The van der Waals surface area contributed by atoms with Gasteiger partial charge >= 0.3 is 5.97 Å². The van der Waals surface area contributed by atoms with E-state index in [0.29, 0.717) is 47.2 Å². The number of amides is 1. The average molecular weight is 649 g/mol. The number of rotatable bonds is 15. The summed E-state index contributed by atoms with van der Waals surface area (Å²) in [4.78, 5) is 32.4. The minimum absolute atomic E-state index is 0.0222. The topological polar surface area (TPSA) is 134 Å². The molecule has 0 bridgehead atoms. The van der Waals surface area contributed by atoms with Gasteiger partial charge in [-0.3, -0.25) is 9.59 Å². The molecule has 3 aromatic rings. The monoisotopic (exact) mass is 648 g/mol. The predicted octanol–water partition coefficient (Wildman–Crippen LogP) is 5.17. The van der Waals surface area contributed by atoms with Crippen LogP contribution in [-0.4, -0.2) is 68.6 Å². The molecular formula is C36H44N2O9. The summed E-state index contributed by atoms with van der Waals surface area (Å²) < 4.78 is 34.2. The number of nitrogens with zero attached hydrogens (tertiary/aromatic N) is 1. The van der Waals surface area contributed by atoms with Gasteiger partial charge in [-0.1, -0.05) is 30.3 Å². The van der Waals surface area contributed by atoms with Crippen molar-refractivity contribution in [2.24, 2.45) is 4.99 Å². The zero-order chi connectivity index (χ0) is 34.0. The zero-order valence-corrected chi connectivity index (χ0v) is 27.8. The van der Waals surface area contributed by atoms with Crippen LogP contribution in [0.5, 0.6) is 23.0 Å². The van der Waals surface area contributed by atoms with Gasteiger partial charge in [-0.15, -0.1) is 0 Å². The van der Waals surface area contributed by atoms with Crippen LogP contribution in [0.25, 0.3) is 0 Å². The summed E-state index contributed by atoms with van der Waals surface area (Å²) in [6, 6.07) is 20.0. The Morgan fingerprint density at radius 3 is 2.19 bits per heavy atom. The first-order valence-corrected chi connectivity index (χ1v) is 15.5. The summed E-state index contributed by atoms with van der Waals surface area (Å²) >= 11 is 0. The molecule has 0 saturated carbocycles. The second kappa shape index (κ2) is 15.7. The molecule has 0 aliphatic carbocycles. The number of carbonyl (C=O) groups excluding carboxylic acids is 2. The molecule has 3 aromatic carbocycles. The van der Waals surface area contributed by atoms with E-state index in [9.17, 15) is 9.59 Å². The first kappa shape index (κ1) is 35.1. The molecule has 0 aromatic heterocycles. The number of esters is 1. The number of benzene rings is 3. The van der Waals surface area contributed by atoms with Crippen molar-refractivity contribution < 1.29 is 43.1 Å². The third kappa shape index (κ3) is 8.74. The first-order chi connectivity index (χ1) is 22.5. The highest BCUT2D eigenvalue weighted by Gasteiger charge is 2.53. The molecule has 1 heterocycles. The van der Waals surface area contributed by atoms with Gasteiger partial charge in [0.05, 0.1) is 27.9 Å². The van der Waals surface area contributed by atoms with Crippen LogP contribution < -0.4 is 24.3 Å². The highest BCUT2D eigenvalue weighted by Crippen LogP contribution is 2.44. The van der Waals surface area contributed by atoms with E-state index >= 15 is 0 Å². The lowest BCUT2D eigenvalue weighted by Crippen LogP contribution is -2.48. The fourth-order valence-corrected chi connectivity index (χ4v) is 5.26. The maximum Gasteiger partial charge on any atom is 0.306 e. The van der Waals surface area contributed by atoms with Gasteiger partial charge < -0.3 is 38.8 Å². The first-order valence-electron chi connectivity index (χ1n) is 15.5. The van der Waals surface area contributed by atoms with Gasteiger partial charge in [-0.05, 0) is 74.7 Å². The van der Waals surface area contributed by atoms with Crippen molar-refractivity contribution in [3.8, 4) is 23.0 Å². The Kier molecular flexibility index (Phi) is 11.7. The SMILES string of the molecule is COc1cc(CNC(=O)[C@]2(CCC(=O)OC(C)(C)C)N=C(c3ccc(OCCCO)cc3)O[C@@H]2c2ccccc2)cc(OC)c1OC. The lowest BCUT2D eigenvalue weighted by Gasteiger charge is -2.31. The maximum absolute atomic E-state index is 14.5. The van der Waals surface area contributed by atoms with E-state index in [2.05, 4.69) is 5.32 Å². The predicted molar refractivity (Wildman–Crippen MR) is 176 cm³/mol. The molecule has 4 rings (SSSR count). The summed E-state index contributed by atoms with van der Waals surface area (Å²) in [5, 5.41) is 12.1. The Morgan fingerprint density at radius 2 is 1.62 bits per heavy atom. The van der Waals surface area contributed by atoms with Crippen molar-refractivity contribution in [1.29, 1.82) is 0 Å². The molecule has 1 aliphatic rings. The zero-order valence-electron chi connectivity index (χ0n) is 27.8. The van der Waals surface area contributed by atoms with Crippen molar-refractivity contribution in [1.82, 2.24) is 5.32 Å². The fraction of sp³-hybridized carbons (Fsp3) is 0.417. The molecular weight excluding hydrogens is 604 g/mol. The Bertz CT molecular complexity index is 1510. The van der Waals surface area contributed by atoms with Crippen LogP contribution in [0, 0.1) is 0 Å². The summed E-state index contributed by atoms with van der Waals surface area (Å²) in [5.41, 5.74) is -0.158. The van der Waals surface area contributed by atoms with E-state index in [0.717, 1.165) is 5.56 Å². The van der Waals surface area contributed by atoms with E-state index < -0.39 is 29.1 Å². The van der Waals surface area contributed by atoms with Crippen LogP contribution in [0.1, 0.15) is 62.8 Å². The van der Waals surface area contributed by atoms with E-state index in [1.807, 2.05) is 30.3 Å². The molecule has 47 heavy (non-hydrogen) atoms. The van der Waals surface area contributed by atoms with Crippen molar-refractivity contribution in [3.05, 3.63) is 83.4 Å². The van der Waals surface area contributed by atoms with Gasteiger partial charge in [0.1, 0.15) is 11.4 Å². The molecule has 11 heteroatoms.